The molecule has 0 saturated carbocycles. The van der Waals surface area contributed by atoms with E-state index in [9.17, 15) is 4.79 Å². The Morgan fingerprint density at radius 1 is 1.58 bits per heavy atom. The van der Waals surface area contributed by atoms with E-state index in [2.05, 4.69) is 0 Å². The molecule has 0 aromatic carbocycles. The Labute approximate surface area is 72.0 Å². The molecule has 1 fully saturated rings. The average molecular weight is 167 g/mol. The van der Waals surface area contributed by atoms with E-state index in [-0.39, 0.29) is 11.9 Å². The summed E-state index contributed by atoms with van der Waals surface area (Å²) in [7, 11) is 1.65. The summed E-state index contributed by atoms with van der Waals surface area (Å²) < 4.78 is 5.22. The lowest BCUT2D eigenvalue weighted by atomic mass is 10.1. The van der Waals surface area contributed by atoms with Crippen molar-refractivity contribution in [2.45, 2.75) is 25.8 Å². The first kappa shape index (κ1) is 7.65. The van der Waals surface area contributed by atoms with E-state index in [0.717, 1.165) is 30.7 Å². The average Bonchev–Trinajstić information content (AvgIpc) is 2.59. The van der Waals surface area contributed by atoms with Gasteiger partial charge in [-0.15, -0.1) is 0 Å². The Kier molecular flexibility index (Phi) is 1.60. The fraction of sp³-hybridized carbons (Fsp3) is 0.667. The topological polar surface area (TPSA) is 29.5 Å². The van der Waals surface area contributed by atoms with Crippen molar-refractivity contribution in [2.75, 3.05) is 13.7 Å². The Bertz CT molecular complexity index is 257. The normalized spacial score (nSPS) is 28.3. The fourth-order valence-corrected chi connectivity index (χ4v) is 2.14. The van der Waals surface area contributed by atoms with Crippen LogP contribution in [0.1, 0.15) is 19.8 Å². The highest BCUT2D eigenvalue weighted by Gasteiger charge is 2.40. The van der Waals surface area contributed by atoms with Crippen molar-refractivity contribution >= 4 is 5.91 Å². The van der Waals surface area contributed by atoms with Gasteiger partial charge >= 0.3 is 0 Å². The van der Waals surface area contributed by atoms with E-state index < -0.39 is 0 Å². The predicted molar refractivity (Wildman–Crippen MR) is 44.4 cm³/mol. The molecule has 0 aromatic heterocycles. The second-order valence-electron chi connectivity index (χ2n) is 3.35. The maximum absolute atomic E-state index is 11.5. The maximum atomic E-state index is 11.5. The maximum Gasteiger partial charge on any atom is 0.253 e. The minimum Gasteiger partial charge on any atom is -0.498 e. The monoisotopic (exact) mass is 167 g/mol. The van der Waals surface area contributed by atoms with Gasteiger partial charge in [0.1, 0.15) is 5.76 Å². The zero-order valence-electron chi connectivity index (χ0n) is 7.46. The van der Waals surface area contributed by atoms with E-state index >= 15 is 0 Å². The second kappa shape index (κ2) is 2.51. The number of ether oxygens (including phenoxy) is 1. The number of methoxy groups -OCH3 is 1. The van der Waals surface area contributed by atoms with Gasteiger partial charge in [0, 0.05) is 6.54 Å². The SMILES string of the molecule is COC1=C(C)C(=O)N2CCC[C@@H]12. The number of fused-ring (bicyclic) bond motifs is 1. The smallest absolute Gasteiger partial charge is 0.253 e. The Balaban J connectivity index is 2.34. The van der Waals surface area contributed by atoms with Gasteiger partial charge in [-0.3, -0.25) is 4.79 Å². The third-order valence-electron chi connectivity index (χ3n) is 2.73. The lowest BCUT2D eigenvalue weighted by Gasteiger charge is -2.16. The molecular weight excluding hydrogens is 154 g/mol. The highest BCUT2D eigenvalue weighted by molar-refractivity contribution is 5.96. The van der Waals surface area contributed by atoms with Crippen molar-refractivity contribution in [3.63, 3.8) is 0 Å². The predicted octanol–water partition coefficient (Wildman–Crippen LogP) is 0.911. The highest BCUT2D eigenvalue weighted by atomic mass is 16.5. The van der Waals surface area contributed by atoms with Gasteiger partial charge in [0.2, 0.25) is 0 Å². The molecule has 3 heteroatoms. The molecule has 2 aliphatic heterocycles. The Hall–Kier alpha value is -0.990. The van der Waals surface area contributed by atoms with Crippen LogP contribution in [-0.2, 0) is 9.53 Å². The van der Waals surface area contributed by atoms with Gasteiger partial charge < -0.3 is 9.64 Å². The molecule has 0 aromatic rings. The Morgan fingerprint density at radius 2 is 2.33 bits per heavy atom. The largest absolute Gasteiger partial charge is 0.498 e. The molecule has 0 unspecified atom stereocenters. The zero-order chi connectivity index (χ0) is 8.72. The van der Waals surface area contributed by atoms with E-state index in [1.54, 1.807) is 7.11 Å². The second-order valence-corrected chi connectivity index (χ2v) is 3.35. The third kappa shape index (κ3) is 0.792. The van der Waals surface area contributed by atoms with Crippen LogP contribution in [0.4, 0.5) is 0 Å². The summed E-state index contributed by atoms with van der Waals surface area (Å²) in [6.45, 7) is 2.74. The first-order chi connectivity index (χ1) is 5.75. The van der Waals surface area contributed by atoms with Crippen LogP contribution in [0.25, 0.3) is 0 Å². The van der Waals surface area contributed by atoms with Crippen molar-refractivity contribution in [1.82, 2.24) is 4.90 Å². The molecule has 1 saturated heterocycles. The summed E-state index contributed by atoms with van der Waals surface area (Å²) in [4.78, 5) is 13.5. The summed E-state index contributed by atoms with van der Waals surface area (Å²) in [5.41, 5.74) is 0.794. The molecule has 0 spiro atoms. The number of hydrogen-bond donors (Lipinski definition) is 0. The molecule has 0 radical (unpaired) electrons. The molecule has 0 bridgehead atoms. The molecule has 0 N–H and O–H groups in total. The minimum absolute atomic E-state index is 0.161. The minimum atomic E-state index is 0.161. The number of rotatable bonds is 1. The number of carbonyl (C=O) groups is 1. The lowest BCUT2D eigenvalue weighted by Crippen LogP contribution is -2.29. The van der Waals surface area contributed by atoms with Gasteiger partial charge in [0.15, 0.2) is 0 Å². The summed E-state index contributed by atoms with van der Waals surface area (Å²) >= 11 is 0. The highest BCUT2D eigenvalue weighted by Crippen LogP contribution is 2.33. The number of nitrogens with zero attached hydrogens (tertiary/aromatic N) is 1. The van der Waals surface area contributed by atoms with E-state index in [4.69, 9.17) is 4.74 Å². The van der Waals surface area contributed by atoms with Crippen LogP contribution in [0.15, 0.2) is 11.3 Å². The molecule has 3 nitrogen and oxygen atoms in total. The number of hydrogen-bond acceptors (Lipinski definition) is 2. The molecule has 66 valence electrons. The number of carbonyl (C=O) groups excluding carboxylic acids is 1. The van der Waals surface area contributed by atoms with Crippen LogP contribution in [0.3, 0.4) is 0 Å². The molecular formula is C9H13NO2. The van der Waals surface area contributed by atoms with Crippen LogP contribution in [0, 0.1) is 0 Å². The third-order valence-corrected chi connectivity index (χ3v) is 2.73. The van der Waals surface area contributed by atoms with Gasteiger partial charge in [-0.25, -0.2) is 0 Å². The van der Waals surface area contributed by atoms with Crippen molar-refractivity contribution in [3.8, 4) is 0 Å². The molecule has 1 amide bonds. The molecule has 0 aliphatic carbocycles. The van der Waals surface area contributed by atoms with Gasteiger partial charge in [0.05, 0.1) is 18.7 Å². The van der Waals surface area contributed by atoms with Crippen LogP contribution in [0.2, 0.25) is 0 Å². The molecule has 12 heavy (non-hydrogen) atoms. The summed E-state index contributed by atoms with van der Waals surface area (Å²) in [6.07, 6.45) is 2.17. The lowest BCUT2D eigenvalue weighted by molar-refractivity contribution is -0.125. The summed E-state index contributed by atoms with van der Waals surface area (Å²) in [6, 6.07) is 0.252. The first-order valence-corrected chi connectivity index (χ1v) is 4.31. The van der Waals surface area contributed by atoms with Crippen molar-refractivity contribution in [2.24, 2.45) is 0 Å². The molecule has 2 heterocycles. The standard InChI is InChI=1S/C9H13NO2/c1-6-8(12-2)7-4-3-5-10(7)9(6)11/h7H,3-5H2,1-2H3/t7-/m0/s1. The van der Waals surface area contributed by atoms with Crippen molar-refractivity contribution in [1.29, 1.82) is 0 Å². The molecule has 1 atom stereocenters. The van der Waals surface area contributed by atoms with E-state index in [1.807, 2.05) is 11.8 Å². The first-order valence-electron chi connectivity index (χ1n) is 4.31. The van der Waals surface area contributed by atoms with Gasteiger partial charge in [-0.1, -0.05) is 0 Å². The van der Waals surface area contributed by atoms with Crippen LogP contribution < -0.4 is 0 Å². The van der Waals surface area contributed by atoms with Crippen LogP contribution in [-0.4, -0.2) is 30.5 Å². The zero-order valence-corrected chi connectivity index (χ0v) is 7.46. The van der Waals surface area contributed by atoms with Gasteiger partial charge in [-0.05, 0) is 19.8 Å². The number of amides is 1. The molecule has 2 rings (SSSR count). The van der Waals surface area contributed by atoms with E-state index in [1.165, 1.54) is 0 Å². The van der Waals surface area contributed by atoms with Crippen LogP contribution >= 0.6 is 0 Å². The van der Waals surface area contributed by atoms with Crippen molar-refractivity contribution in [3.05, 3.63) is 11.3 Å². The summed E-state index contributed by atoms with van der Waals surface area (Å²) in [5.74, 6) is 1.05. The quantitative estimate of drug-likeness (QED) is 0.581. The van der Waals surface area contributed by atoms with Gasteiger partial charge in [-0.2, -0.15) is 0 Å². The van der Waals surface area contributed by atoms with Gasteiger partial charge in [0.25, 0.3) is 5.91 Å². The fourth-order valence-electron chi connectivity index (χ4n) is 2.14. The summed E-state index contributed by atoms with van der Waals surface area (Å²) in [5, 5.41) is 0. The molecule has 2 aliphatic rings. The Morgan fingerprint density at radius 3 is 3.00 bits per heavy atom. The van der Waals surface area contributed by atoms with E-state index in [0.29, 0.717) is 0 Å². The van der Waals surface area contributed by atoms with Crippen molar-refractivity contribution < 1.29 is 9.53 Å². The van der Waals surface area contributed by atoms with Crippen LogP contribution in [0.5, 0.6) is 0 Å².